The van der Waals surface area contributed by atoms with Gasteiger partial charge in [0.25, 0.3) is 17.7 Å². The lowest BCUT2D eigenvalue weighted by Crippen LogP contribution is -2.45. The molecule has 1 saturated carbocycles. The Balaban J connectivity index is 1.54. The summed E-state index contributed by atoms with van der Waals surface area (Å²) in [5, 5.41) is 2.85. The van der Waals surface area contributed by atoms with Crippen molar-refractivity contribution >= 4 is 23.7 Å². The fourth-order valence-corrected chi connectivity index (χ4v) is 3.44. The predicted molar refractivity (Wildman–Crippen MR) is 92.4 cm³/mol. The van der Waals surface area contributed by atoms with Crippen LogP contribution in [0.25, 0.3) is 0 Å². The van der Waals surface area contributed by atoms with E-state index in [9.17, 15) is 19.2 Å². The van der Waals surface area contributed by atoms with Gasteiger partial charge in [-0.2, -0.15) is 0 Å². The van der Waals surface area contributed by atoms with E-state index in [0.29, 0.717) is 0 Å². The highest BCUT2D eigenvalue weighted by Gasteiger charge is 2.41. The second-order valence-electron chi connectivity index (χ2n) is 6.71. The van der Waals surface area contributed by atoms with E-state index in [1.807, 2.05) is 0 Å². The van der Waals surface area contributed by atoms with Crippen molar-refractivity contribution < 1.29 is 23.9 Å². The minimum absolute atomic E-state index is 0.128. The molecule has 1 aromatic carbocycles. The number of esters is 1. The van der Waals surface area contributed by atoms with Crippen LogP contribution in [-0.4, -0.2) is 47.3 Å². The van der Waals surface area contributed by atoms with Crippen molar-refractivity contribution in [3.63, 3.8) is 0 Å². The molecule has 0 bridgehead atoms. The van der Waals surface area contributed by atoms with E-state index in [2.05, 4.69) is 5.32 Å². The molecule has 1 atom stereocenters. The van der Waals surface area contributed by atoms with Gasteiger partial charge in [0.15, 0.2) is 6.61 Å². The number of nitrogens with zero attached hydrogens (tertiary/aromatic N) is 1. The second kappa shape index (κ2) is 7.68. The molecule has 1 heterocycles. The molecule has 0 saturated heterocycles. The van der Waals surface area contributed by atoms with Gasteiger partial charge < -0.3 is 10.1 Å². The average molecular weight is 358 g/mol. The van der Waals surface area contributed by atoms with Crippen LogP contribution in [0.4, 0.5) is 0 Å². The number of amides is 3. The molecule has 26 heavy (non-hydrogen) atoms. The van der Waals surface area contributed by atoms with E-state index in [1.54, 1.807) is 24.3 Å². The molecule has 1 aliphatic heterocycles. The van der Waals surface area contributed by atoms with Gasteiger partial charge in [0.05, 0.1) is 11.1 Å². The number of carbonyl (C=O) groups excluding carboxylic acids is 4. The van der Waals surface area contributed by atoms with E-state index < -0.39 is 30.4 Å². The Morgan fingerprint density at radius 2 is 1.69 bits per heavy atom. The Morgan fingerprint density at radius 1 is 1.12 bits per heavy atom. The van der Waals surface area contributed by atoms with Crippen LogP contribution >= 0.6 is 0 Å². The zero-order valence-corrected chi connectivity index (χ0v) is 14.7. The van der Waals surface area contributed by atoms with Crippen LogP contribution < -0.4 is 5.32 Å². The Bertz CT molecular complexity index is 704. The summed E-state index contributed by atoms with van der Waals surface area (Å²) in [5.74, 6) is -2.19. The van der Waals surface area contributed by atoms with Crippen LogP contribution in [0.1, 0.15) is 59.7 Å². The van der Waals surface area contributed by atoms with Gasteiger partial charge in [-0.15, -0.1) is 0 Å². The predicted octanol–water partition coefficient (Wildman–Crippen LogP) is 1.66. The number of nitrogens with one attached hydrogen (secondary N) is 1. The Kier molecular flexibility index (Phi) is 5.35. The van der Waals surface area contributed by atoms with E-state index in [4.69, 9.17) is 4.74 Å². The first kappa shape index (κ1) is 18.1. The summed E-state index contributed by atoms with van der Waals surface area (Å²) in [5.41, 5.74) is 0.541. The Morgan fingerprint density at radius 3 is 2.27 bits per heavy atom. The average Bonchev–Trinajstić information content (AvgIpc) is 2.91. The molecular formula is C19H22N2O5. The molecule has 1 aliphatic carbocycles. The van der Waals surface area contributed by atoms with Gasteiger partial charge >= 0.3 is 5.97 Å². The van der Waals surface area contributed by atoms with Gasteiger partial charge in [-0.1, -0.05) is 31.4 Å². The molecule has 0 aromatic heterocycles. The lowest BCUT2D eigenvalue weighted by Gasteiger charge is -2.23. The number of carbonyl (C=O) groups is 4. The highest BCUT2D eigenvalue weighted by Crippen LogP contribution is 2.24. The molecule has 2 aliphatic rings. The van der Waals surface area contributed by atoms with Crippen molar-refractivity contribution in [3.05, 3.63) is 35.4 Å². The van der Waals surface area contributed by atoms with Gasteiger partial charge in [-0.25, -0.2) is 4.79 Å². The minimum Gasteiger partial charge on any atom is -0.454 e. The SMILES string of the molecule is C[C@@H](C(=O)OCC(=O)NC1CCCCC1)N1C(=O)c2ccccc2C1=O. The number of benzene rings is 1. The first-order chi connectivity index (χ1) is 12.5. The lowest BCUT2D eigenvalue weighted by molar-refractivity contribution is -0.152. The third-order valence-electron chi connectivity index (χ3n) is 4.87. The fraction of sp³-hybridized carbons (Fsp3) is 0.474. The van der Waals surface area contributed by atoms with Crippen LogP contribution in [0.3, 0.4) is 0 Å². The van der Waals surface area contributed by atoms with Gasteiger partial charge in [-0.3, -0.25) is 19.3 Å². The molecule has 0 radical (unpaired) electrons. The van der Waals surface area contributed by atoms with Crippen LogP contribution in [0, 0.1) is 0 Å². The monoisotopic (exact) mass is 358 g/mol. The normalized spacial score (nSPS) is 18.4. The van der Waals surface area contributed by atoms with Gasteiger partial charge in [0.1, 0.15) is 6.04 Å². The number of ether oxygens (including phenoxy) is 1. The van der Waals surface area contributed by atoms with Crippen molar-refractivity contribution in [3.8, 4) is 0 Å². The number of fused-ring (bicyclic) bond motifs is 1. The highest BCUT2D eigenvalue weighted by molar-refractivity contribution is 6.22. The molecule has 1 N–H and O–H groups in total. The number of hydrogen-bond acceptors (Lipinski definition) is 5. The summed E-state index contributed by atoms with van der Waals surface area (Å²) in [6.45, 7) is 1.01. The van der Waals surface area contributed by atoms with Crippen LogP contribution in [0.15, 0.2) is 24.3 Å². The minimum atomic E-state index is -1.09. The van der Waals surface area contributed by atoms with Crippen molar-refractivity contribution in [2.45, 2.75) is 51.1 Å². The molecule has 1 fully saturated rings. The van der Waals surface area contributed by atoms with Gasteiger partial charge in [-0.05, 0) is 31.9 Å². The Labute approximate surface area is 151 Å². The highest BCUT2D eigenvalue weighted by atomic mass is 16.5. The molecule has 0 spiro atoms. The maximum absolute atomic E-state index is 12.4. The number of rotatable bonds is 5. The maximum atomic E-state index is 12.4. The van der Waals surface area contributed by atoms with Crippen LogP contribution in [-0.2, 0) is 14.3 Å². The number of hydrogen-bond donors (Lipinski definition) is 1. The maximum Gasteiger partial charge on any atom is 0.329 e. The van der Waals surface area contributed by atoms with Crippen molar-refractivity contribution in [1.82, 2.24) is 10.2 Å². The summed E-state index contributed by atoms with van der Waals surface area (Å²) in [6, 6.07) is 5.45. The van der Waals surface area contributed by atoms with Crippen LogP contribution in [0.2, 0.25) is 0 Å². The first-order valence-corrected chi connectivity index (χ1v) is 8.92. The smallest absolute Gasteiger partial charge is 0.329 e. The van der Waals surface area contributed by atoms with E-state index in [1.165, 1.54) is 13.3 Å². The first-order valence-electron chi connectivity index (χ1n) is 8.92. The summed E-state index contributed by atoms with van der Waals surface area (Å²) < 4.78 is 5.02. The second-order valence-corrected chi connectivity index (χ2v) is 6.71. The summed E-state index contributed by atoms with van der Waals surface area (Å²) in [4.78, 5) is 49.8. The zero-order chi connectivity index (χ0) is 18.7. The fourth-order valence-electron chi connectivity index (χ4n) is 3.44. The number of imide groups is 1. The van der Waals surface area contributed by atoms with Gasteiger partial charge in [0, 0.05) is 6.04 Å². The summed E-state index contributed by atoms with van der Waals surface area (Å²) in [6.07, 6.45) is 5.22. The van der Waals surface area contributed by atoms with E-state index in [-0.39, 0.29) is 23.1 Å². The summed E-state index contributed by atoms with van der Waals surface area (Å²) >= 11 is 0. The van der Waals surface area contributed by atoms with E-state index in [0.717, 1.165) is 30.6 Å². The molecule has 0 unspecified atom stereocenters. The van der Waals surface area contributed by atoms with Crippen LogP contribution in [0.5, 0.6) is 0 Å². The van der Waals surface area contributed by atoms with Crippen molar-refractivity contribution in [2.24, 2.45) is 0 Å². The third-order valence-corrected chi connectivity index (χ3v) is 4.87. The lowest BCUT2D eigenvalue weighted by atomic mass is 9.95. The Hall–Kier alpha value is -2.70. The molecule has 7 heteroatoms. The quantitative estimate of drug-likeness (QED) is 0.638. The topological polar surface area (TPSA) is 92.8 Å². The van der Waals surface area contributed by atoms with Crippen molar-refractivity contribution in [1.29, 1.82) is 0 Å². The molecule has 7 nitrogen and oxygen atoms in total. The van der Waals surface area contributed by atoms with Crippen molar-refractivity contribution in [2.75, 3.05) is 6.61 Å². The molecule has 3 rings (SSSR count). The zero-order valence-electron chi connectivity index (χ0n) is 14.7. The molecule has 3 amide bonds. The largest absolute Gasteiger partial charge is 0.454 e. The van der Waals surface area contributed by atoms with E-state index >= 15 is 0 Å². The third kappa shape index (κ3) is 3.61. The molecule has 138 valence electrons. The summed E-state index contributed by atoms with van der Waals surface area (Å²) in [7, 11) is 0. The van der Waals surface area contributed by atoms with Gasteiger partial charge in [0.2, 0.25) is 0 Å². The molecular weight excluding hydrogens is 336 g/mol. The standard InChI is InChI=1S/C19H22N2O5/c1-12(21-17(23)14-9-5-6-10-15(14)18(21)24)19(25)26-11-16(22)20-13-7-3-2-4-8-13/h5-6,9-10,12-13H,2-4,7-8,11H2,1H3,(H,20,22)/t12-/m0/s1. The molecule has 1 aromatic rings.